The van der Waals surface area contributed by atoms with Crippen LogP contribution in [0.5, 0.6) is 0 Å². The van der Waals surface area contributed by atoms with Gasteiger partial charge in [0.2, 0.25) is 0 Å². The third-order valence-corrected chi connectivity index (χ3v) is 4.13. The Balaban J connectivity index is 1.48. The summed E-state index contributed by atoms with van der Waals surface area (Å²) in [4.78, 5) is 12.2. The van der Waals surface area contributed by atoms with Gasteiger partial charge in [-0.3, -0.25) is 4.79 Å². The molecule has 0 aliphatic heterocycles. The first-order valence-electron chi connectivity index (χ1n) is 8.76. The van der Waals surface area contributed by atoms with Gasteiger partial charge < -0.3 is 10.6 Å². The Bertz CT molecular complexity index is 895. The fourth-order valence-electron chi connectivity index (χ4n) is 2.55. The summed E-state index contributed by atoms with van der Waals surface area (Å²) in [6, 6.07) is 17.9. The number of anilines is 1. The normalized spacial score (nSPS) is 10.4. The molecular weight excluding hydrogens is 343 g/mol. The van der Waals surface area contributed by atoms with Gasteiger partial charge in [-0.15, -0.1) is 10.2 Å². The van der Waals surface area contributed by atoms with Crippen LogP contribution in [0.4, 0.5) is 10.2 Å². The molecule has 2 aromatic carbocycles. The van der Waals surface area contributed by atoms with E-state index < -0.39 is 0 Å². The van der Waals surface area contributed by atoms with Crippen LogP contribution >= 0.6 is 0 Å². The molecule has 0 radical (unpaired) electrons. The van der Waals surface area contributed by atoms with Crippen LogP contribution in [0.3, 0.4) is 0 Å². The summed E-state index contributed by atoms with van der Waals surface area (Å²) in [5, 5.41) is 13.9. The Kier molecular flexibility index (Phi) is 6.10. The van der Waals surface area contributed by atoms with E-state index in [1.165, 1.54) is 11.6 Å². The first kappa shape index (κ1) is 18.5. The monoisotopic (exact) mass is 364 g/mol. The number of benzene rings is 2. The molecule has 0 saturated carbocycles. The van der Waals surface area contributed by atoms with Gasteiger partial charge in [-0.25, -0.2) is 4.39 Å². The van der Waals surface area contributed by atoms with E-state index in [-0.39, 0.29) is 17.4 Å². The van der Waals surface area contributed by atoms with Crippen LogP contribution in [-0.4, -0.2) is 22.6 Å². The van der Waals surface area contributed by atoms with Crippen molar-refractivity contribution in [2.24, 2.45) is 0 Å². The Labute approximate surface area is 157 Å². The number of carbonyl (C=O) groups excluding carboxylic acids is 1. The molecule has 1 heterocycles. The lowest BCUT2D eigenvalue weighted by Crippen LogP contribution is -2.24. The van der Waals surface area contributed by atoms with Crippen LogP contribution in [0.1, 0.15) is 27.2 Å². The number of amides is 1. The summed E-state index contributed by atoms with van der Waals surface area (Å²) >= 11 is 0. The van der Waals surface area contributed by atoms with Gasteiger partial charge in [0.15, 0.2) is 5.69 Å². The summed E-state index contributed by atoms with van der Waals surface area (Å²) < 4.78 is 13.6. The van der Waals surface area contributed by atoms with E-state index in [0.29, 0.717) is 30.9 Å². The molecule has 0 aliphatic rings. The lowest BCUT2D eigenvalue weighted by Gasteiger charge is -2.07. The highest BCUT2D eigenvalue weighted by atomic mass is 19.1. The zero-order valence-corrected chi connectivity index (χ0v) is 15.1. The molecule has 5 nitrogen and oxygen atoms in total. The summed E-state index contributed by atoms with van der Waals surface area (Å²) in [7, 11) is 0. The van der Waals surface area contributed by atoms with Gasteiger partial charge in [0.25, 0.3) is 5.91 Å². The SMILES string of the molecule is Cc1ccc(CNC(=O)c2ccc(NCCc3ccccc3F)nn2)cc1. The molecule has 138 valence electrons. The maximum atomic E-state index is 13.6. The van der Waals surface area contributed by atoms with Crippen molar-refractivity contribution >= 4 is 11.7 Å². The average Bonchev–Trinajstić information content (AvgIpc) is 2.69. The lowest BCUT2D eigenvalue weighted by molar-refractivity contribution is 0.0945. The smallest absolute Gasteiger partial charge is 0.272 e. The maximum absolute atomic E-state index is 13.6. The fourth-order valence-corrected chi connectivity index (χ4v) is 2.55. The van der Waals surface area contributed by atoms with Gasteiger partial charge in [0.1, 0.15) is 11.6 Å². The molecule has 0 atom stereocenters. The topological polar surface area (TPSA) is 66.9 Å². The number of carbonyl (C=O) groups is 1. The van der Waals surface area contributed by atoms with Gasteiger partial charge in [-0.1, -0.05) is 48.0 Å². The van der Waals surface area contributed by atoms with E-state index in [4.69, 9.17) is 0 Å². The van der Waals surface area contributed by atoms with E-state index in [1.807, 2.05) is 37.3 Å². The molecule has 27 heavy (non-hydrogen) atoms. The summed E-state index contributed by atoms with van der Waals surface area (Å²) in [6.45, 7) is 2.97. The van der Waals surface area contributed by atoms with Gasteiger partial charge >= 0.3 is 0 Å². The first-order chi connectivity index (χ1) is 13.1. The number of aromatic nitrogens is 2. The van der Waals surface area contributed by atoms with E-state index in [1.54, 1.807) is 24.3 Å². The molecule has 1 amide bonds. The molecule has 0 bridgehead atoms. The highest BCUT2D eigenvalue weighted by Gasteiger charge is 2.08. The van der Waals surface area contributed by atoms with Crippen molar-refractivity contribution in [2.45, 2.75) is 19.9 Å². The van der Waals surface area contributed by atoms with E-state index >= 15 is 0 Å². The minimum atomic E-state index is -0.277. The zero-order valence-electron chi connectivity index (χ0n) is 15.1. The van der Waals surface area contributed by atoms with Crippen LogP contribution in [0, 0.1) is 12.7 Å². The second-order valence-corrected chi connectivity index (χ2v) is 6.24. The fraction of sp³-hybridized carbons (Fsp3) is 0.190. The predicted molar refractivity (Wildman–Crippen MR) is 103 cm³/mol. The molecule has 6 heteroatoms. The number of rotatable bonds is 7. The van der Waals surface area contributed by atoms with Crippen LogP contribution < -0.4 is 10.6 Å². The minimum Gasteiger partial charge on any atom is -0.368 e. The van der Waals surface area contributed by atoms with Crippen molar-refractivity contribution in [1.29, 1.82) is 0 Å². The summed E-state index contributed by atoms with van der Waals surface area (Å²) in [6.07, 6.45) is 0.535. The van der Waals surface area contributed by atoms with E-state index in [2.05, 4.69) is 20.8 Å². The van der Waals surface area contributed by atoms with Crippen molar-refractivity contribution < 1.29 is 9.18 Å². The van der Waals surface area contributed by atoms with Crippen molar-refractivity contribution in [3.8, 4) is 0 Å². The molecule has 3 rings (SSSR count). The van der Waals surface area contributed by atoms with Gasteiger partial charge in [-0.2, -0.15) is 0 Å². The molecule has 0 spiro atoms. The highest BCUT2D eigenvalue weighted by Crippen LogP contribution is 2.08. The molecule has 0 aliphatic carbocycles. The third-order valence-electron chi connectivity index (χ3n) is 4.13. The number of hydrogen-bond acceptors (Lipinski definition) is 4. The minimum absolute atomic E-state index is 0.217. The van der Waals surface area contributed by atoms with Crippen LogP contribution in [0.2, 0.25) is 0 Å². The quantitative estimate of drug-likeness (QED) is 0.673. The Morgan fingerprint density at radius 3 is 2.48 bits per heavy atom. The number of aryl methyl sites for hydroxylation is 1. The Morgan fingerprint density at radius 2 is 1.78 bits per heavy atom. The number of nitrogens with zero attached hydrogens (tertiary/aromatic N) is 2. The van der Waals surface area contributed by atoms with Crippen LogP contribution in [0.25, 0.3) is 0 Å². The first-order valence-corrected chi connectivity index (χ1v) is 8.76. The van der Waals surface area contributed by atoms with Crippen molar-refractivity contribution in [1.82, 2.24) is 15.5 Å². The molecule has 3 aromatic rings. The summed E-state index contributed by atoms with van der Waals surface area (Å²) in [5.41, 5.74) is 3.09. The van der Waals surface area contributed by atoms with Crippen molar-refractivity contribution in [3.63, 3.8) is 0 Å². The third kappa shape index (κ3) is 5.34. The lowest BCUT2D eigenvalue weighted by atomic mass is 10.1. The van der Waals surface area contributed by atoms with Crippen LogP contribution in [0.15, 0.2) is 60.7 Å². The second kappa shape index (κ2) is 8.89. The van der Waals surface area contributed by atoms with E-state index in [0.717, 1.165) is 5.56 Å². The average molecular weight is 364 g/mol. The largest absolute Gasteiger partial charge is 0.368 e. The van der Waals surface area contributed by atoms with Gasteiger partial charge in [-0.05, 0) is 42.7 Å². The predicted octanol–water partition coefficient (Wildman–Crippen LogP) is 3.51. The van der Waals surface area contributed by atoms with E-state index in [9.17, 15) is 9.18 Å². The molecule has 0 fully saturated rings. The van der Waals surface area contributed by atoms with Gasteiger partial charge in [0, 0.05) is 13.1 Å². The Morgan fingerprint density at radius 1 is 1.00 bits per heavy atom. The number of hydrogen-bond donors (Lipinski definition) is 2. The summed E-state index contributed by atoms with van der Waals surface area (Å²) in [5.74, 6) is 0.0494. The van der Waals surface area contributed by atoms with Crippen molar-refractivity contribution in [3.05, 3.63) is 88.9 Å². The highest BCUT2D eigenvalue weighted by molar-refractivity contribution is 5.92. The van der Waals surface area contributed by atoms with Crippen LogP contribution in [-0.2, 0) is 13.0 Å². The molecule has 2 N–H and O–H groups in total. The standard InChI is InChI=1S/C21H21FN4O/c1-15-6-8-16(9-7-15)14-24-21(27)19-10-11-20(26-25-19)23-13-12-17-4-2-3-5-18(17)22/h2-11H,12-14H2,1H3,(H,23,26)(H,24,27). The number of nitrogens with one attached hydrogen (secondary N) is 2. The Hall–Kier alpha value is -3.28. The molecule has 0 saturated heterocycles. The zero-order chi connectivity index (χ0) is 19.1. The van der Waals surface area contributed by atoms with Crippen molar-refractivity contribution in [2.75, 3.05) is 11.9 Å². The molecule has 1 aromatic heterocycles. The van der Waals surface area contributed by atoms with Gasteiger partial charge in [0.05, 0.1) is 0 Å². The number of halogens is 1. The molecular formula is C21H21FN4O. The second-order valence-electron chi connectivity index (χ2n) is 6.24. The molecule has 0 unspecified atom stereocenters. The maximum Gasteiger partial charge on any atom is 0.272 e.